The van der Waals surface area contributed by atoms with Crippen LogP contribution >= 0.6 is 0 Å². The molecule has 0 spiro atoms. The Morgan fingerprint density at radius 3 is 2.85 bits per heavy atom. The Bertz CT molecular complexity index is 625. The Morgan fingerprint density at radius 2 is 2.15 bits per heavy atom. The van der Waals surface area contributed by atoms with Crippen LogP contribution in [0, 0.1) is 0 Å². The molecule has 1 heterocycles. The number of primary amides is 1. The molecular formula is C15H18N4O. The van der Waals surface area contributed by atoms with Crippen LogP contribution in [0.25, 0.3) is 0 Å². The number of carbonyl (C=O) groups is 1. The molecule has 2 aromatic rings. The van der Waals surface area contributed by atoms with Gasteiger partial charge in [0.25, 0.3) is 0 Å². The van der Waals surface area contributed by atoms with Crippen LogP contribution in [0.3, 0.4) is 0 Å². The van der Waals surface area contributed by atoms with E-state index in [0.717, 1.165) is 12.1 Å². The van der Waals surface area contributed by atoms with E-state index in [1.165, 1.54) is 5.56 Å². The number of pyridine rings is 1. The molecule has 1 aromatic heterocycles. The van der Waals surface area contributed by atoms with Gasteiger partial charge in [-0.05, 0) is 36.2 Å². The molecule has 0 aliphatic rings. The third kappa shape index (κ3) is 3.06. The van der Waals surface area contributed by atoms with Crippen molar-refractivity contribution in [2.45, 2.75) is 19.9 Å². The van der Waals surface area contributed by atoms with Gasteiger partial charge in [0.05, 0.1) is 23.6 Å². The van der Waals surface area contributed by atoms with Gasteiger partial charge in [-0.25, -0.2) is 0 Å². The average molecular weight is 270 g/mol. The van der Waals surface area contributed by atoms with Crippen LogP contribution in [0.1, 0.15) is 28.5 Å². The highest BCUT2D eigenvalue weighted by molar-refractivity contribution is 5.94. The maximum absolute atomic E-state index is 11.2. The third-order valence-electron chi connectivity index (χ3n) is 3.15. The van der Waals surface area contributed by atoms with Crippen molar-refractivity contribution in [3.8, 4) is 0 Å². The molecule has 0 atom stereocenters. The van der Waals surface area contributed by atoms with Crippen molar-refractivity contribution in [1.29, 1.82) is 0 Å². The molecule has 0 saturated carbocycles. The molecule has 5 N–H and O–H groups in total. The number of hydrogen-bond donors (Lipinski definition) is 3. The van der Waals surface area contributed by atoms with Crippen molar-refractivity contribution >= 4 is 17.3 Å². The predicted octanol–water partition coefficient (Wildman–Crippen LogP) is 1.94. The number of nitrogen functional groups attached to an aromatic ring is 1. The summed E-state index contributed by atoms with van der Waals surface area (Å²) in [5.74, 6) is -0.472. The van der Waals surface area contributed by atoms with Gasteiger partial charge in [-0.2, -0.15) is 0 Å². The summed E-state index contributed by atoms with van der Waals surface area (Å²) in [6.45, 7) is 2.64. The van der Waals surface area contributed by atoms with Crippen LogP contribution < -0.4 is 16.8 Å². The Labute approximate surface area is 118 Å². The van der Waals surface area contributed by atoms with Crippen LogP contribution in [-0.2, 0) is 13.0 Å². The average Bonchev–Trinajstić information content (AvgIpc) is 2.46. The van der Waals surface area contributed by atoms with E-state index in [2.05, 4.69) is 17.2 Å². The van der Waals surface area contributed by atoms with Gasteiger partial charge in [-0.15, -0.1) is 0 Å². The molecule has 0 fully saturated rings. The zero-order chi connectivity index (χ0) is 14.5. The Balaban J connectivity index is 2.18. The summed E-state index contributed by atoms with van der Waals surface area (Å²) in [7, 11) is 0. The van der Waals surface area contributed by atoms with Crippen molar-refractivity contribution in [1.82, 2.24) is 4.98 Å². The highest BCUT2D eigenvalue weighted by Crippen LogP contribution is 2.21. The maximum atomic E-state index is 11.2. The fourth-order valence-corrected chi connectivity index (χ4v) is 1.99. The number of aryl methyl sites for hydroxylation is 1. The number of rotatable bonds is 5. The Kier molecular flexibility index (Phi) is 4.20. The number of nitrogens with one attached hydrogen (secondary N) is 1. The summed E-state index contributed by atoms with van der Waals surface area (Å²) < 4.78 is 0. The Hall–Kier alpha value is -2.56. The highest BCUT2D eigenvalue weighted by Gasteiger charge is 2.06. The quantitative estimate of drug-likeness (QED) is 0.724. The fraction of sp³-hybridized carbons (Fsp3) is 0.200. The largest absolute Gasteiger partial charge is 0.397 e. The molecule has 5 nitrogen and oxygen atoms in total. The Morgan fingerprint density at radius 1 is 1.35 bits per heavy atom. The van der Waals surface area contributed by atoms with E-state index in [1.807, 2.05) is 12.1 Å². The number of carbonyl (C=O) groups excluding carboxylic acids is 1. The number of nitrogens with zero attached hydrogens (tertiary/aromatic N) is 1. The lowest BCUT2D eigenvalue weighted by atomic mass is 10.1. The number of nitrogens with two attached hydrogens (primary N) is 2. The minimum Gasteiger partial charge on any atom is -0.397 e. The molecular weight excluding hydrogens is 252 g/mol. The molecule has 0 bridgehead atoms. The molecule has 0 radical (unpaired) electrons. The van der Waals surface area contributed by atoms with Gasteiger partial charge in [0.1, 0.15) is 0 Å². The molecule has 0 saturated heterocycles. The van der Waals surface area contributed by atoms with Gasteiger partial charge in [-0.1, -0.05) is 13.0 Å². The minimum absolute atomic E-state index is 0.429. The summed E-state index contributed by atoms with van der Waals surface area (Å²) in [5, 5.41) is 3.20. The van der Waals surface area contributed by atoms with E-state index < -0.39 is 5.91 Å². The van der Waals surface area contributed by atoms with E-state index in [9.17, 15) is 4.79 Å². The van der Waals surface area contributed by atoms with Crippen LogP contribution in [0.15, 0.2) is 36.5 Å². The first kappa shape index (κ1) is 13.9. The second-order valence-electron chi connectivity index (χ2n) is 4.48. The van der Waals surface area contributed by atoms with Gasteiger partial charge in [-0.3, -0.25) is 9.78 Å². The van der Waals surface area contributed by atoms with Crippen molar-refractivity contribution in [2.75, 3.05) is 11.1 Å². The molecule has 1 aromatic carbocycles. The lowest BCUT2D eigenvalue weighted by molar-refractivity contribution is 0.100. The molecule has 1 amide bonds. The van der Waals surface area contributed by atoms with Crippen molar-refractivity contribution in [3.05, 3.63) is 53.3 Å². The summed E-state index contributed by atoms with van der Waals surface area (Å²) in [6.07, 6.45) is 2.68. The van der Waals surface area contributed by atoms with Crippen LogP contribution in [-0.4, -0.2) is 10.9 Å². The second-order valence-corrected chi connectivity index (χ2v) is 4.48. The van der Waals surface area contributed by atoms with Gasteiger partial charge >= 0.3 is 0 Å². The number of hydrogen-bond acceptors (Lipinski definition) is 4. The molecule has 20 heavy (non-hydrogen) atoms. The minimum atomic E-state index is -0.472. The number of anilines is 2. The molecule has 104 valence electrons. The SMILES string of the molecule is CCc1cccnc1CNc1cc(C(N)=O)ccc1N. The maximum Gasteiger partial charge on any atom is 0.248 e. The normalized spacial score (nSPS) is 10.2. The van der Waals surface area contributed by atoms with Crippen molar-refractivity contribution < 1.29 is 4.79 Å². The molecule has 0 aliphatic carbocycles. The first-order chi connectivity index (χ1) is 9.61. The van der Waals surface area contributed by atoms with Gasteiger partial charge in [0, 0.05) is 11.8 Å². The predicted molar refractivity (Wildman–Crippen MR) is 80.3 cm³/mol. The van der Waals surface area contributed by atoms with Gasteiger partial charge < -0.3 is 16.8 Å². The summed E-state index contributed by atoms with van der Waals surface area (Å²) >= 11 is 0. The number of aromatic nitrogens is 1. The smallest absolute Gasteiger partial charge is 0.248 e. The second kappa shape index (κ2) is 6.06. The third-order valence-corrected chi connectivity index (χ3v) is 3.15. The lowest BCUT2D eigenvalue weighted by Crippen LogP contribution is -2.12. The van der Waals surface area contributed by atoms with Gasteiger partial charge in [0.2, 0.25) is 5.91 Å². The first-order valence-electron chi connectivity index (χ1n) is 6.47. The summed E-state index contributed by atoms with van der Waals surface area (Å²) in [5.41, 5.74) is 15.0. The van der Waals surface area contributed by atoms with E-state index in [4.69, 9.17) is 11.5 Å². The molecule has 5 heteroatoms. The lowest BCUT2D eigenvalue weighted by Gasteiger charge is -2.12. The molecule has 0 aliphatic heterocycles. The zero-order valence-corrected chi connectivity index (χ0v) is 11.4. The first-order valence-corrected chi connectivity index (χ1v) is 6.47. The van der Waals surface area contributed by atoms with Crippen molar-refractivity contribution in [3.63, 3.8) is 0 Å². The van der Waals surface area contributed by atoms with E-state index in [0.29, 0.717) is 23.5 Å². The highest BCUT2D eigenvalue weighted by atomic mass is 16.1. The molecule has 0 unspecified atom stereocenters. The van der Waals surface area contributed by atoms with Crippen LogP contribution in [0.4, 0.5) is 11.4 Å². The van der Waals surface area contributed by atoms with E-state index in [-0.39, 0.29) is 0 Å². The fourth-order valence-electron chi connectivity index (χ4n) is 1.99. The summed E-state index contributed by atoms with van der Waals surface area (Å²) in [6, 6.07) is 8.91. The number of benzene rings is 1. The molecule has 2 rings (SSSR count). The number of amides is 1. The van der Waals surface area contributed by atoms with Crippen molar-refractivity contribution in [2.24, 2.45) is 5.73 Å². The van der Waals surface area contributed by atoms with Gasteiger partial charge in [0.15, 0.2) is 0 Å². The summed E-state index contributed by atoms with van der Waals surface area (Å²) in [4.78, 5) is 15.5. The van der Waals surface area contributed by atoms with E-state index >= 15 is 0 Å². The monoisotopic (exact) mass is 270 g/mol. The van der Waals surface area contributed by atoms with E-state index in [1.54, 1.807) is 24.4 Å². The van der Waals surface area contributed by atoms with Crippen LogP contribution in [0.2, 0.25) is 0 Å². The standard InChI is InChI=1S/C15H18N4O/c1-2-10-4-3-7-18-14(10)9-19-13-8-11(15(17)20)5-6-12(13)16/h3-8,19H,2,9,16H2,1H3,(H2,17,20). The van der Waals surface area contributed by atoms with Crippen LogP contribution in [0.5, 0.6) is 0 Å². The zero-order valence-electron chi connectivity index (χ0n) is 11.4. The topological polar surface area (TPSA) is 94.0 Å².